The highest BCUT2D eigenvalue weighted by molar-refractivity contribution is 7.10. The van der Waals surface area contributed by atoms with Crippen molar-refractivity contribution in [2.24, 2.45) is 5.92 Å². The highest BCUT2D eigenvalue weighted by Crippen LogP contribution is 2.39. The summed E-state index contributed by atoms with van der Waals surface area (Å²) < 4.78 is 0. The van der Waals surface area contributed by atoms with Crippen LogP contribution in [0.2, 0.25) is 5.02 Å². The Hall–Kier alpha value is -0.0500. The molecule has 1 atom stereocenters. The quantitative estimate of drug-likeness (QED) is 0.819. The van der Waals surface area contributed by atoms with Gasteiger partial charge >= 0.3 is 0 Å². The van der Waals surface area contributed by atoms with Gasteiger partial charge in [-0.25, -0.2) is 0 Å². The summed E-state index contributed by atoms with van der Waals surface area (Å²) in [5, 5.41) is 6.50. The lowest BCUT2D eigenvalue weighted by Gasteiger charge is -2.15. The van der Waals surface area contributed by atoms with E-state index < -0.39 is 0 Å². The van der Waals surface area contributed by atoms with E-state index in [1.165, 1.54) is 36.1 Å². The third-order valence-electron chi connectivity index (χ3n) is 3.15. The molecule has 1 nitrogen and oxygen atoms in total. The number of rotatable bonds is 5. The monoisotopic (exact) mass is 243 g/mol. The van der Waals surface area contributed by atoms with E-state index in [0.29, 0.717) is 6.04 Å². The Morgan fingerprint density at radius 2 is 2.33 bits per heavy atom. The molecule has 0 aliphatic heterocycles. The third-order valence-corrected chi connectivity index (χ3v) is 4.98. The number of hydrogen-bond acceptors (Lipinski definition) is 2. The molecule has 1 N–H and O–H groups in total. The second-order valence-corrected chi connectivity index (χ2v) is 5.75. The van der Waals surface area contributed by atoms with Crippen molar-refractivity contribution in [3.8, 4) is 0 Å². The van der Waals surface area contributed by atoms with Crippen LogP contribution in [0.15, 0.2) is 5.38 Å². The first-order valence-corrected chi connectivity index (χ1v) is 6.89. The van der Waals surface area contributed by atoms with Crippen molar-refractivity contribution in [3.63, 3.8) is 0 Å². The lowest BCUT2D eigenvalue weighted by atomic mass is 10.1. The normalized spacial score (nSPS) is 18.1. The molecule has 15 heavy (non-hydrogen) atoms. The molecule has 84 valence electrons. The Balaban J connectivity index is 2.00. The molecule has 3 heteroatoms. The maximum absolute atomic E-state index is 6.28. The second-order valence-electron chi connectivity index (χ2n) is 4.46. The molecule has 1 fully saturated rings. The molecule has 1 aromatic heterocycles. The van der Waals surface area contributed by atoms with Crippen LogP contribution >= 0.6 is 22.9 Å². The SMILES string of the molecule is CNC(CCC1CC1)c1scc(C)c1Cl. The Labute approximate surface area is 101 Å². The van der Waals surface area contributed by atoms with Gasteiger partial charge in [0.15, 0.2) is 0 Å². The van der Waals surface area contributed by atoms with Crippen LogP contribution < -0.4 is 5.32 Å². The Morgan fingerprint density at radius 3 is 2.80 bits per heavy atom. The topological polar surface area (TPSA) is 12.0 Å². The van der Waals surface area contributed by atoms with Crippen molar-refractivity contribution >= 4 is 22.9 Å². The first kappa shape index (κ1) is 11.4. The standard InChI is InChI=1S/C12H18ClNS/c1-8-7-15-12(11(8)13)10(14-2)6-5-9-3-4-9/h7,9-10,14H,3-6H2,1-2H3. The van der Waals surface area contributed by atoms with Gasteiger partial charge in [-0.1, -0.05) is 24.4 Å². The predicted octanol–water partition coefficient (Wildman–Crippen LogP) is 4.16. The van der Waals surface area contributed by atoms with Gasteiger partial charge in [-0.3, -0.25) is 0 Å². The van der Waals surface area contributed by atoms with Crippen LogP contribution in [0, 0.1) is 12.8 Å². The summed E-state index contributed by atoms with van der Waals surface area (Å²) >= 11 is 8.07. The molecular weight excluding hydrogens is 226 g/mol. The fraction of sp³-hybridized carbons (Fsp3) is 0.667. The van der Waals surface area contributed by atoms with Gasteiger partial charge in [0.1, 0.15) is 0 Å². The van der Waals surface area contributed by atoms with Gasteiger partial charge in [0.2, 0.25) is 0 Å². The van der Waals surface area contributed by atoms with E-state index in [1.54, 1.807) is 11.3 Å². The average molecular weight is 244 g/mol. The lowest BCUT2D eigenvalue weighted by Crippen LogP contribution is -2.15. The van der Waals surface area contributed by atoms with Crippen LogP contribution in [-0.2, 0) is 0 Å². The fourth-order valence-electron chi connectivity index (χ4n) is 1.90. The summed E-state index contributed by atoms with van der Waals surface area (Å²) in [6.45, 7) is 2.08. The van der Waals surface area contributed by atoms with Crippen molar-refractivity contribution in [2.75, 3.05) is 7.05 Å². The maximum atomic E-state index is 6.28. The minimum absolute atomic E-state index is 0.455. The number of halogens is 1. The number of aryl methyl sites for hydroxylation is 1. The van der Waals surface area contributed by atoms with Crippen molar-refractivity contribution in [1.82, 2.24) is 5.32 Å². The molecule has 1 heterocycles. The van der Waals surface area contributed by atoms with Gasteiger partial charge in [0.25, 0.3) is 0 Å². The second kappa shape index (κ2) is 4.86. The summed E-state index contributed by atoms with van der Waals surface area (Å²) in [6.07, 6.45) is 5.45. The van der Waals surface area contributed by atoms with Crippen LogP contribution in [0.4, 0.5) is 0 Å². The van der Waals surface area contributed by atoms with E-state index in [-0.39, 0.29) is 0 Å². The predicted molar refractivity (Wildman–Crippen MR) is 67.8 cm³/mol. The molecule has 1 saturated carbocycles. The highest BCUT2D eigenvalue weighted by Gasteiger charge is 2.24. The minimum Gasteiger partial charge on any atom is -0.312 e. The summed E-state index contributed by atoms with van der Waals surface area (Å²) in [7, 11) is 2.03. The highest BCUT2D eigenvalue weighted by atomic mass is 35.5. The van der Waals surface area contributed by atoms with Gasteiger partial charge in [-0.05, 0) is 43.7 Å². The Bertz CT molecular complexity index is 330. The molecule has 0 saturated heterocycles. The molecule has 1 unspecified atom stereocenters. The molecule has 1 aliphatic rings. The summed E-state index contributed by atoms with van der Waals surface area (Å²) in [5.41, 5.74) is 1.21. The van der Waals surface area contributed by atoms with Gasteiger partial charge in [-0.15, -0.1) is 11.3 Å². The van der Waals surface area contributed by atoms with Crippen molar-refractivity contribution in [1.29, 1.82) is 0 Å². The van der Waals surface area contributed by atoms with Gasteiger partial charge in [-0.2, -0.15) is 0 Å². The first-order chi connectivity index (χ1) is 7.22. The zero-order valence-electron chi connectivity index (χ0n) is 9.35. The van der Waals surface area contributed by atoms with Crippen LogP contribution in [0.3, 0.4) is 0 Å². The third kappa shape index (κ3) is 2.74. The van der Waals surface area contributed by atoms with E-state index in [0.717, 1.165) is 10.9 Å². The smallest absolute Gasteiger partial charge is 0.0590 e. The van der Waals surface area contributed by atoms with Crippen molar-refractivity contribution in [2.45, 2.75) is 38.6 Å². The van der Waals surface area contributed by atoms with E-state index in [4.69, 9.17) is 11.6 Å². The molecule has 0 radical (unpaired) electrons. The van der Waals surface area contributed by atoms with E-state index in [2.05, 4.69) is 17.6 Å². The van der Waals surface area contributed by atoms with Gasteiger partial charge < -0.3 is 5.32 Å². The van der Waals surface area contributed by atoms with Crippen molar-refractivity contribution < 1.29 is 0 Å². The van der Waals surface area contributed by atoms with E-state index in [1.807, 2.05) is 7.05 Å². The molecule has 1 aliphatic carbocycles. The van der Waals surface area contributed by atoms with Crippen LogP contribution in [-0.4, -0.2) is 7.05 Å². The Kier molecular flexibility index (Phi) is 3.70. The maximum Gasteiger partial charge on any atom is 0.0590 e. The molecular formula is C12H18ClNS. The molecule has 0 bridgehead atoms. The summed E-state index contributed by atoms with van der Waals surface area (Å²) in [4.78, 5) is 1.32. The zero-order valence-corrected chi connectivity index (χ0v) is 10.9. The fourth-order valence-corrected chi connectivity index (χ4v) is 3.37. The minimum atomic E-state index is 0.455. The Morgan fingerprint density at radius 1 is 1.60 bits per heavy atom. The van der Waals surface area contributed by atoms with Crippen molar-refractivity contribution in [3.05, 3.63) is 20.8 Å². The molecule has 2 rings (SSSR count). The van der Waals surface area contributed by atoms with Crippen LogP contribution in [0.5, 0.6) is 0 Å². The zero-order chi connectivity index (χ0) is 10.8. The molecule has 0 spiro atoms. The summed E-state index contributed by atoms with van der Waals surface area (Å²) in [5.74, 6) is 1.00. The van der Waals surface area contributed by atoms with Gasteiger partial charge in [0.05, 0.1) is 5.02 Å². The van der Waals surface area contributed by atoms with Gasteiger partial charge in [0, 0.05) is 10.9 Å². The first-order valence-electron chi connectivity index (χ1n) is 5.63. The van der Waals surface area contributed by atoms with Crippen LogP contribution in [0.1, 0.15) is 42.2 Å². The molecule has 0 amide bonds. The summed E-state index contributed by atoms with van der Waals surface area (Å²) in [6, 6.07) is 0.455. The van der Waals surface area contributed by atoms with E-state index >= 15 is 0 Å². The van der Waals surface area contributed by atoms with E-state index in [9.17, 15) is 0 Å². The van der Waals surface area contributed by atoms with Crippen LogP contribution in [0.25, 0.3) is 0 Å². The molecule has 1 aromatic rings. The largest absolute Gasteiger partial charge is 0.312 e. The number of hydrogen-bond donors (Lipinski definition) is 1. The molecule has 0 aromatic carbocycles. The number of thiophene rings is 1. The lowest BCUT2D eigenvalue weighted by molar-refractivity contribution is 0.513. The average Bonchev–Trinajstić information content (AvgIpc) is 3.00. The number of nitrogens with one attached hydrogen (secondary N) is 1.